The van der Waals surface area contributed by atoms with Gasteiger partial charge in [0.15, 0.2) is 5.78 Å². The van der Waals surface area contributed by atoms with Gasteiger partial charge in [-0.15, -0.1) is 0 Å². The lowest BCUT2D eigenvalue weighted by Crippen LogP contribution is -2.45. The van der Waals surface area contributed by atoms with E-state index in [0.29, 0.717) is 26.2 Å². The molecule has 1 aliphatic heterocycles. The summed E-state index contributed by atoms with van der Waals surface area (Å²) in [6.45, 7) is 4.23. The maximum absolute atomic E-state index is 12.8. The fourth-order valence-corrected chi connectivity index (χ4v) is 2.99. The molecule has 0 aliphatic carbocycles. The van der Waals surface area contributed by atoms with Gasteiger partial charge in [0.25, 0.3) is 5.91 Å². The molecule has 0 radical (unpaired) electrons. The number of nitrogens with zero attached hydrogens (tertiary/aromatic N) is 3. The van der Waals surface area contributed by atoms with Crippen molar-refractivity contribution in [1.82, 2.24) is 15.2 Å². The van der Waals surface area contributed by atoms with E-state index in [1.807, 2.05) is 5.32 Å². The fraction of sp³-hybridized carbons (Fsp3) is 0.444. The first-order valence-corrected chi connectivity index (χ1v) is 9.33. The quantitative estimate of drug-likeness (QED) is 0.420. The van der Waals surface area contributed by atoms with E-state index in [1.165, 1.54) is 13.1 Å². The molecule has 0 atom stereocenters. The van der Waals surface area contributed by atoms with Gasteiger partial charge in [-0.25, -0.2) is 9.78 Å². The fourth-order valence-electron chi connectivity index (χ4n) is 2.70. The highest BCUT2D eigenvalue weighted by atomic mass is 35.5. The first-order chi connectivity index (χ1) is 14.0. The molecule has 12 heteroatoms. The Morgan fingerprint density at radius 3 is 2.40 bits per heavy atom. The number of piperazine rings is 1. The van der Waals surface area contributed by atoms with Crippen LogP contribution in [0.3, 0.4) is 0 Å². The van der Waals surface area contributed by atoms with E-state index in [1.54, 1.807) is 16.7 Å². The standard InChI is InChI=1S/C18H20ClF3N4O4/c1-3-30-17(29)24-16(28)13(11(2)27)10-25-4-6-26(7-5-25)15-14(19)8-12(9-23-15)18(20,21)22/h8-10H,3-7H2,1-2H3,(H,24,28,29)/b13-10+. The zero-order valence-electron chi connectivity index (χ0n) is 16.3. The number of carbonyl (C=O) groups is 3. The van der Waals surface area contributed by atoms with E-state index in [4.69, 9.17) is 11.6 Å². The number of amides is 2. The molecule has 0 bridgehead atoms. The molecule has 2 amide bonds. The number of nitrogens with one attached hydrogen (secondary N) is 1. The van der Waals surface area contributed by atoms with Crippen molar-refractivity contribution in [3.63, 3.8) is 0 Å². The van der Waals surface area contributed by atoms with Crippen LogP contribution in [0.15, 0.2) is 24.0 Å². The molecule has 1 saturated heterocycles. The van der Waals surface area contributed by atoms with Gasteiger partial charge in [0.1, 0.15) is 5.82 Å². The molecular weight excluding hydrogens is 429 g/mol. The van der Waals surface area contributed by atoms with Crippen molar-refractivity contribution in [3.8, 4) is 0 Å². The van der Waals surface area contributed by atoms with Crippen molar-refractivity contribution in [2.24, 2.45) is 0 Å². The summed E-state index contributed by atoms with van der Waals surface area (Å²) in [5.41, 5.74) is -1.15. The van der Waals surface area contributed by atoms with Crippen LogP contribution in [-0.4, -0.2) is 60.5 Å². The van der Waals surface area contributed by atoms with Crippen LogP contribution in [0.2, 0.25) is 5.02 Å². The highest BCUT2D eigenvalue weighted by Crippen LogP contribution is 2.33. The summed E-state index contributed by atoms with van der Waals surface area (Å²) >= 11 is 5.98. The molecule has 164 valence electrons. The van der Waals surface area contributed by atoms with E-state index < -0.39 is 29.5 Å². The Kier molecular flexibility index (Phi) is 7.65. The second-order valence-electron chi connectivity index (χ2n) is 6.32. The van der Waals surface area contributed by atoms with Crippen LogP contribution in [0.25, 0.3) is 0 Å². The van der Waals surface area contributed by atoms with Crippen LogP contribution >= 0.6 is 11.6 Å². The molecule has 2 heterocycles. The van der Waals surface area contributed by atoms with Crippen molar-refractivity contribution in [2.45, 2.75) is 20.0 Å². The average molecular weight is 449 g/mol. The Balaban J connectivity index is 2.06. The van der Waals surface area contributed by atoms with Gasteiger partial charge in [-0.2, -0.15) is 13.2 Å². The summed E-state index contributed by atoms with van der Waals surface area (Å²) in [6, 6.07) is 0.823. The number of carbonyl (C=O) groups excluding carboxylic acids is 3. The van der Waals surface area contributed by atoms with Crippen molar-refractivity contribution >= 4 is 35.2 Å². The molecule has 30 heavy (non-hydrogen) atoms. The van der Waals surface area contributed by atoms with Gasteiger partial charge < -0.3 is 14.5 Å². The van der Waals surface area contributed by atoms with Crippen LogP contribution < -0.4 is 10.2 Å². The van der Waals surface area contributed by atoms with E-state index in [9.17, 15) is 27.6 Å². The summed E-state index contributed by atoms with van der Waals surface area (Å²) in [6.07, 6.45) is -3.43. The van der Waals surface area contributed by atoms with Gasteiger partial charge in [-0.3, -0.25) is 14.9 Å². The number of alkyl halides is 3. The number of halogens is 4. The zero-order valence-corrected chi connectivity index (χ0v) is 17.0. The largest absolute Gasteiger partial charge is 0.450 e. The SMILES string of the molecule is CCOC(=O)NC(=O)/C(=C/N1CCN(c2ncc(C(F)(F)F)cc2Cl)CC1)C(C)=O. The number of hydrogen-bond acceptors (Lipinski definition) is 7. The molecule has 0 aromatic carbocycles. The minimum Gasteiger partial charge on any atom is -0.450 e. The predicted octanol–water partition coefficient (Wildman–Crippen LogP) is 2.62. The molecule has 1 aromatic heterocycles. The number of aromatic nitrogens is 1. The van der Waals surface area contributed by atoms with Crippen molar-refractivity contribution < 1.29 is 32.3 Å². The molecule has 8 nitrogen and oxygen atoms in total. The number of imide groups is 1. The molecular formula is C18H20ClF3N4O4. The lowest BCUT2D eigenvalue weighted by atomic mass is 10.1. The molecule has 0 spiro atoms. The van der Waals surface area contributed by atoms with Crippen LogP contribution in [0.1, 0.15) is 19.4 Å². The number of pyridine rings is 1. The monoisotopic (exact) mass is 448 g/mol. The summed E-state index contributed by atoms with van der Waals surface area (Å²) in [4.78, 5) is 42.6. The van der Waals surface area contributed by atoms with Crippen molar-refractivity contribution in [2.75, 3.05) is 37.7 Å². The zero-order chi connectivity index (χ0) is 22.5. The number of rotatable bonds is 5. The van der Waals surface area contributed by atoms with Crippen LogP contribution in [0, 0.1) is 0 Å². The molecule has 0 unspecified atom stereocenters. The van der Waals surface area contributed by atoms with E-state index >= 15 is 0 Å². The highest BCUT2D eigenvalue weighted by Gasteiger charge is 2.32. The molecule has 1 aromatic rings. The summed E-state index contributed by atoms with van der Waals surface area (Å²) in [5, 5.41) is 1.85. The highest BCUT2D eigenvalue weighted by molar-refractivity contribution is 6.33. The second kappa shape index (κ2) is 9.79. The van der Waals surface area contributed by atoms with Crippen LogP contribution in [-0.2, 0) is 20.5 Å². The number of Topliss-reactive ketones (excluding diaryl/α,β-unsaturated/α-hetero) is 1. The molecule has 1 fully saturated rings. The third-order valence-electron chi connectivity index (χ3n) is 4.19. The molecule has 1 aliphatic rings. The van der Waals surface area contributed by atoms with Gasteiger partial charge in [-0.05, 0) is 19.9 Å². The lowest BCUT2D eigenvalue weighted by Gasteiger charge is -2.35. The Morgan fingerprint density at radius 2 is 1.90 bits per heavy atom. The Hall–Kier alpha value is -2.82. The van der Waals surface area contributed by atoms with E-state index in [0.717, 1.165) is 12.3 Å². The Labute approximate surface area is 175 Å². The topological polar surface area (TPSA) is 91.8 Å². The van der Waals surface area contributed by atoms with Gasteiger partial charge in [0.2, 0.25) is 0 Å². The normalized spacial score (nSPS) is 15.1. The smallest absolute Gasteiger partial charge is 0.417 e. The number of alkyl carbamates (subject to hydrolysis) is 1. The first kappa shape index (κ1) is 23.5. The third kappa shape index (κ3) is 6.09. The van der Waals surface area contributed by atoms with Crippen LogP contribution in [0.5, 0.6) is 0 Å². The summed E-state index contributed by atoms with van der Waals surface area (Å²) in [7, 11) is 0. The minimum absolute atomic E-state index is 0.0702. The van der Waals surface area contributed by atoms with Gasteiger partial charge in [0.05, 0.1) is 22.8 Å². The number of hydrogen-bond donors (Lipinski definition) is 1. The van der Waals surface area contributed by atoms with E-state index in [2.05, 4.69) is 9.72 Å². The maximum atomic E-state index is 12.8. The minimum atomic E-state index is -4.54. The second-order valence-corrected chi connectivity index (χ2v) is 6.73. The van der Waals surface area contributed by atoms with E-state index in [-0.39, 0.29) is 23.0 Å². The number of anilines is 1. The lowest BCUT2D eigenvalue weighted by molar-refractivity contribution is -0.137. The third-order valence-corrected chi connectivity index (χ3v) is 4.47. The summed E-state index contributed by atoms with van der Waals surface area (Å²) < 4.78 is 42.9. The van der Waals surface area contributed by atoms with Gasteiger partial charge >= 0.3 is 12.3 Å². The molecule has 2 rings (SSSR count). The Bertz CT molecular complexity index is 852. The van der Waals surface area contributed by atoms with Gasteiger partial charge in [-0.1, -0.05) is 11.6 Å². The van der Waals surface area contributed by atoms with Gasteiger partial charge in [0, 0.05) is 38.6 Å². The first-order valence-electron chi connectivity index (χ1n) is 8.95. The number of ether oxygens (including phenoxy) is 1. The Morgan fingerprint density at radius 1 is 1.27 bits per heavy atom. The van der Waals surface area contributed by atoms with Crippen molar-refractivity contribution in [1.29, 1.82) is 0 Å². The molecule has 0 saturated carbocycles. The average Bonchev–Trinajstić information content (AvgIpc) is 2.65. The summed E-state index contributed by atoms with van der Waals surface area (Å²) in [5.74, 6) is -1.19. The predicted molar refractivity (Wildman–Crippen MR) is 102 cm³/mol. The van der Waals surface area contributed by atoms with Crippen LogP contribution in [0.4, 0.5) is 23.8 Å². The van der Waals surface area contributed by atoms with Crippen molar-refractivity contribution in [3.05, 3.63) is 34.6 Å². The number of ketones is 1. The molecule has 1 N–H and O–H groups in total. The maximum Gasteiger partial charge on any atom is 0.417 e.